The van der Waals surface area contributed by atoms with Crippen LogP contribution in [0.4, 0.5) is 0 Å². The van der Waals surface area contributed by atoms with Gasteiger partial charge in [-0.25, -0.2) is 0 Å². The fourth-order valence-electron chi connectivity index (χ4n) is 1.55. The molecule has 1 saturated carbocycles. The highest BCUT2D eigenvalue weighted by Gasteiger charge is 2.29. The summed E-state index contributed by atoms with van der Waals surface area (Å²) in [7, 11) is 0. The minimum atomic E-state index is -0.117. The second kappa shape index (κ2) is 5.59. The number of carbonyl (C=O) groups is 1. The zero-order valence-corrected chi connectivity index (χ0v) is 12.1. The smallest absolute Gasteiger partial charge is 0.251 e. The first-order valence-corrected chi connectivity index (χ1v) is 7.06. The number of nitrogens with one attached hydrogen (secondary N) is 1. The first kappa shape index (κ1) is 13.2. The van der Waals surface area contributed by atoms with Gasteiger partial charge in [-0.05, 0) is 52.9 Å². The normalized spacial score (nSPS) is 16.6. The maximum absolute atomic E-state index is 11.8. The van der Waals surface area contributed by atoms with Gasteiger partial charge in [-0.1, -0.05) is 11.6 Å². The Bertz CT molecular complexity index is 435. The zero-order valence-electron chi connectivity index (χ0n) is 9.05. The Kier molecular flexibility index (Phi) is 4.34. The molecule has 0 heterocycles. The van der Waals surface area contributed by atoms with E-state index in [0.717, 1.165) is 4.47 Å². The SMILES string of the molecule is O=C(NCC(Cl)C1CC1)c1ccc(Cl)c(Br)c1. The van der Waals surface area contributed by atoms with Gasteiger partial charge >= 0.3 is 0 Å². The van der Waals surface area contributed by atoms with E-state index >= 15 is 0 Å². The van der Waals surface area contributed by atoms with Gasteiger partial charge in [0.1, 0.15) is 0 Å². The summed E-state index contributed by atoms with van der Waals surface area (Å²) < 4.78 is 0.719. The lowest BCUT2D eigenvalue weighted by molar-refractivity contribution is 0.0953. The minimum absolute atomic E-state index is 0.0506. The monoisotopic (exact) mass is 335 g/mol. The summed E-state index contributed by atoms with van der Waals surface area (Å²) in [6.07, 6.45) is 2.35. The molecule has 92 valence electrons. The van der Waals surface area contributed by atoms with E-state index in [-0.39, 0.29) is 11.3 Å². The molecule has 0 saturated heterocycles. The van der Waals surface area contributed by atoms with Gasteiger partial charge < -0.3 is 5.32 Å². The van der Waals surface area contributed by atoms with Crippen molar-refractivity contribution in [3.63, 3.8) is 0 Å². The largest absolute Gasteiger partial charge is 0.351 e. The number of benzene rings is 1. The molecule has 1 aliphatic carbocycles. The van der Waals surface area contributed by atoms with Crippen LogP contribution in [0.1, 0.15) is 23.2 Å². The number of rotatable bonds is 4. The minimum Gasteiger partial charge on any atom is -0.351 e. The average molecular weight is 337 g/mol. The molecular weight excluding hydrogens is 325 g/mol. The molecule has 1 N–H and O–H groups in total. The number of hydrogen-bond acceptors (Lipinski definition) is 1. The van der Waals surface area contributed by atoms with E-state index in [9.17, 15) is 4.79 Å². The van der Waals surface area contributed by atoms with Crippen LogP contribution in [0.25, 0.3) is 0 Å². The topological polar surface area (TPSA) is 29.1 Å². The molecule has 1 unspecified atom stereocenters. The molecule has 5 heteroatoms. The van der Waals surface area contributed by atoms with Crippen LogP contribution in [-0.4, -0.2) is 17.8 Å². The van der Waals surface area contributed by atoms with E-state index in [1.165, 1.54) is 12.8 Å². The van der Waals surface area contributed by atoms with Crippen LogP contribution in [-0.2, 0) is 0 Å². The predicted molar refractivity (Wildman–Crippen MR) is 73.9 cm³/mol. The van der Waals surface area contributed by atoms with Crippen LogP contribution in [0.3, 0.4) is 0 Å². The van der Waals surface area contributed by atoms with Crippen LogP contribution < -0.4 is 5.32 Å². The fourth-order valence-corrected chi connectivity index (χ4v) is 2.38. The number of hydrogen-bond donors (Lipinski definition) is 1. The van der Waals surface area contributed by atoms with Crippen molar-refractivity contribution in [2.45, 2.75) is 18.2 Å². The van der Waals surface area contributed by atoms with Crippen molar-refractivity contribution in [3.8, 4) is 0 Å². The number of halogens is 3. The highest BCUT2D eigenvalue weighted by Crippen LogP contribution is 2.35. The molecule has 1 aromatic rings. The third-order valence-electron chi connectivity index (χ3n) is 2.77. The van der Waals surface area contributed by atoms with Crippen molar-refractivity contribution in [1.29, 1.82) is 0 Å². The van der Waals surface area contributed by atoms with E-state index in [4.69, 9.17) is 23.2 Å². The Balaban J connectivity index is 1.92. The van der Waals surface area contributed by atoms with Crippen molar-refractivity contribution in [1.82, 2.24) is 5.32 Å². The van der Waals surface area contributed by atoms with Gasteiger partial charge in [0, 0.05) is 16.6 Å². The molecule has 0 aromatic heterocycles. The summed E-state index contributed by atoms with van der Waals surface area (Å²) in [6, 6.07) is 5.10. The Morgan fingerprint density at radius 1 is 1.53 bits per heavy atom. The maximum atomic E-state index is 11.8. The first-order valence-electron chi connectivity index (χ1n) is 5.45. The fraction of sp³-hybridized carbons (Fsp3) is 0.417. The van der Waals surface area contributed by atoms with Gasteiger partial charge in [-0.15, -0.1) is 11.6 Å². The van der Waals surface area contributed by atoms with Crippen molar-refractivity contribution < 1.29 is 4.79 Å². The quantitative estimate of drug-likeness (QED) is 0.831. The summed E-state index contributed by atoms with van der Waals surface area (Å²) in [4.78, 5) is 11.8. The summed E-state index contributed by atoms with van der Waals surface area (Å²) in [6.45, 7) is 0.519. The van der Waals surface area contributed by atoms with E-state index in [1.54, 1.807) is 18.2 Å². The second-order valence-corrected chi connectivity index (χ2v) is 6.01. The van der Waals surface area contributed by atoms with Gasteiger partial charge in [0.05, 0.1) is 10.4 Å². The molecule has 1 atom stereocenters. The second-order valence-electron chi connectivity index (χ2n) is 4.19. The van der Waals surface area contributed by atoms with Crippen molar-refractivity contribution in [2.75, 3.05) is 6.54 Å². The van der Waals surface area contributed by atoms with Crippen molar-refractivity contribution in [2.24, 2.45) is 5.92 Å². The van der Waals surface area contributed by atoms with E-state index in [1.807, 2.05) is 0 Å². The van der Waals surface area contributed by atoms with Crippen LogP contribution in [0.15, 0.2) is 22.7 Å². The zero-order chi connectivity index (χ0) is 12.4. The van der Waals surface area contributed by atoms with Crippen molar-refractivity contribution >= 4 is 45.0 Å². The molecule has 0 spiro atoms. The highest BCUT2D eigenvalue weighted by atomic mass is 79.9. The molecule has 0 bridgehead atoms. The number of carbonyl (C=O) groups excluding carboxylic acids is 1. The summed E-state index contributed by atoms with van der Waals surface area (Å²) in [5.41, 5.74) is 0.584. The predicted octanol–water partition coefficient (Wildman–Crippen LogP) is 3.85. The third kappa shape index (κ3) is 3.60. The Labute approximate surface area is 119 Å². The Morgan fingerprint density at radius 2 is 2.24 bits per heavy atom. The van der Waals surface area contributed by atoms with Crippen LogP contribution in [0.5, 0.6) is 0 Å². The van der Waals surface area contributed by atoms with Crippen LogP contribution in [0, 0.1) is 5.92 Å². The van der Waals surface area contributed by atoms with Crippen LogP contribution in [0.2, 0.25) is 5.02 Å². The standard InChI is InChI=1S/C12H12BrCl2NO/c13-9-5-8(3-4-10(9)14)12(17)16-6-11(15)7-1-2-7/h3-5,7,11H,1-2,6H2,(H,16,17). The van der Waals surface area contributed by atoms with Gasteiger partial charge in [0.15, 0.2) is 0 Å². The first-order chi connectivity index (χ1) is 8.08. The molecule has 2 rings (SSSR count). The molecule has 2 nitrogen and oxygen atoms in total. The lowest BCUT2D eigenvalue weighted by atomic mass is 10.2. The molecule has 1 aromatic carbocycles. The van der Waals surface area contributed by atoms with Gasteiger partial charge in [0.25, 0.3) is 5.91 Å². The number of alkyl halides is 1. The molecule has 1 fully saturated rings. The molecular formula is C12H12BrCl2NO. The Hall–Kier alpha value is -0.250. The molecule has 0 radical (unpaired) electrons. The molecule has 1 amide bonds. The summed E-state index contributed by atoms with van der Waals surface area (Å²) in [5.74, 6) is 0.461. The van der Waals surface area contributed by atoms with E-state index in [0.29, 0.717) is 23.0 Å². The van der Waals surface area contributed by atoms with Crippen LogP contribution >= 0.6 is 39.1 Å². The lowest BCUT2D eigenvalue weighted by Crippen LogP contribution is -2.30. The summed E-state index contributed by atoms with van der Waals surface area (Å²) >= 11 is 15.3. The summed E-state index contributed by atoms with van der Waals surface area (Å²) in [5, 5.41) is 3.47. The lowest BCUT2D eigenvalue weighted by Gasteiger charge is -2.10. The molecule has 17 heavy (non-hydrogen) atoms. The molecule has 1 aliphatic rings. The van der Waals surface area contributed by atoms with E-state index in [2.05, 4.69) is 21.2 Å². The van der Waals surface area contributed by atoms with Gasteiger partial charge in [-0.2, -0.15) is 0 Å². The Morgan fingerprint density at radius 3 is 2.82 bits per heavy atom. The van der Waals surface area contributed by atoms with Crippen molar-refractivity contribution in [3.05, 3.63) is 33.3 Å². The third-order valence-corrected chi connectivity index (χ3v) is 4.50. The average Bonchev–Trinajstić information content (AvgIpc) is 3.13. The highest BCUT2D eigenvalue weighted by molar-refractivity contribution is 9.10. The van der Waals surface area contributed by atoms with Gasteiger partial charge in [0.2, 0.25) is 0 Å². The van der Waals surface area contributed by atoms with E-state index < -0.39 is 0 Å². The maximum Gasteiger partial charge on any atom is 0.251 e. The van der Waals surface area contributed by atoms with Gasteiger partial charge in [-0.3, -0.25) is 4.79 Å². The number of amides is 1. The molecule has 0 aliphatic heterocycles.